The molecule has 42 heavy (non-hydrogen) atoms. The number of pyridine rings is 1. The minimum Gasteiger partial charge on any atom is -0.432 e. The standard InChI is InChI=1S/C32H32F2N6O2/c1-18(35-16-32(41-3)9-4-10-32)20-11-25(34)29-27(12-20)38-31(42-29)28-14-21(13-26(37-28)19-5-6-19)23-8-7-22(33)15-24(23)30-39-36-17-40(30)2/h7-8,11-15,17-19,35H,4-6,9-10,16H2,1-3H3. The van der Waals surface area contributed by atoms with Crippen LogP contribution in [-0.4, -0.2) is 44.0 Å². The lowest BCUT2D eigenvalue weighted by Gasteiger charge is -2.41. The Balaban J connectivity index is 1.26. The second-order valence-electron chi connectivity index (χ2n) is 11.6. The SMILES string of the molecule is COC1(CNC(C)c2cc(F)c3oc(-c4cc(-c5ccc(F)cc5-c5nncn5C)cc(C5CC5)n4)nc3c2)CCC1. The summed E-state index contributed by atoms with van der Waals surface area (Å²) in [5.41, 5.74) is 4.79. The molecule has 0 spiro atoms. The van der Waals surface area contributed by atoms with Gasteiger partial charge in [0, 0.05) is 43.9 Å². The number of rotatable bonds is 9. The van der Waals surface area contributed by atoms with E-state index in [1.54, 1.807) is 24.1 Å². The molecule has 2 aliphatic rings. The monoisotopic (exact) mass is 570 g/mol. The predicted octanol–water partition coefficient (Wildman–Crippen LogP) is 6.73. The van der Waals surface area contributed by atoms with Crippen LogP contribution in [0.5, 0.6) is 0 Å². The largest absolute Gasteiger partial charge is 0.432 e. The van der Waals surface area contributed by atoms with Crippen molar-refractivity contribution in [1.29, 1.82) is 0 Å². The van der Waals surface area contributed by atoms with Gasteiger partial charge in [0.2, 0.25) is 5.89 Å². The van der Waals surface area contributed by atoms with E-state index in [1.165, 1.54) is 18.2 Å². The summed E-state index contributed by atoms with van der Waals surface area (Å²) in [5, 5.41) is 11.7. The minimum absolute atomic E-state index is 0.0926. The van der Waals surface area contributed by atoms with Gasteiger partial charge in [-0.25, -0.2) is 18.7 Å². The van der Waals surface area contributed by atoms with Crippen LogP contribution in [0.3, 0.4) is 0 Å². The lowest BCUT2D eigenvalue weighted by Crippen LogP contribution is -2.48. The van der Waals surface area contributed by atoms with E-state index in [4.69, 9.17) is 14.1 Å². The number of nitrogens with zero attached hydrogens (tertiary/aromatic N) is 5. The molecule has 2 saturated carbocycles. The van der Waals surface area contributed by atoms with E-state index in [1.807, 2.05) is 32.2 Å². The Kier molecular flexibility index (Phi) is 6.62. The first-order chi connectivity index (χ1) is 20.3. The number of methoxy groups -OCH3 is 1. The highest BCUT2D eigenvalue weighted by molar-refractivity contribution is 5.83. The number of hydrogen-bond acceptors (Lipinski definition) is 7. The van der Waals surface area contributed by atoms with E-state index < -0.39 is 5.82 Å². The van der Waals surface area contributed by atoms with Gasteiger partial charge in [0.15, 0.2) is 17.2 Å². The van der Waals surface area contributed by atoms with Crippen LogP contribution in [0.15, 0.2) is 53.2 Å². The molecule has 0 amide bonds. The molecule has 7 rings (SSSR count). The number of nitrogens with one attached hydrogen (secondary N) is 1. The molecule has 0 aliphatic heterocycles. The number of hydrogen-bond donors (Lipinski definition) is 1. The highest BCUT2D eigenvalue weighted by Crippen LogP contribution is 2.43. The molecule has 3 heterocycles. The number of oxazole rings is 1. The number of benzene rings is 2. The van der Waals surface area contributed by atoms with Crippen LogP contribution in [0.25, 0.3) is 45.2 Å². The van der Waals surface area contributed by atoms with Gasteiger partial charge in [-0.15, -0.1) is 10.2 Å². The quantitative estimate of drug-likeness (QED) is 0.210. The van der Waals surface area contributed by atoms with Crippen molar-refractivity contribution >= 4 is 11.1 Å². The van der Waals surface area contributed by atoms with E-state index >= 15 is 4.39 Å². The van der Waals surface area contributed by atoms with Crippen molar-refractivity contribution in [3.05, 3.63) is 71.7 Å². The molecule has 2 aromatic carbocycles. The first kappa shape index (κ1) is 26.9. The highest BCUT2D eigenvalue weighted by atomic mass is 19.1. The molecule has 5 aromatic rings. The fourth-order valence-corrected chi connectivity index (χ4v) is 5.74. The summed E-state index contributed by atoms with van der Waals surface area (Å²) in [6.45, 7) is 2.71. The molecular formula is C32H32F2N6O2. The van der Waals surface area contributed by atoms with Gasteiger partial charge in [0.05, 0.1) is 5.60 Å². The van der Waals surface area contributed by atoms with Crippen molar-refractivity contribution in [2.24, 2.45) is 7.05 Å². The molecule has 1 N–H and O–H groups in total. The lowest BCUT2D eigenvalue weighted by molar-refractivity contribution is -0.0706. The van der Waals surface area contributed by atoms with Crippen LogP contribution in [0.1, 0.15) is 62.2 Å². The van der Waals surface area contributed by atoms with Crippen molar-refractivity contribution in [2.75, 3.05) is 13.7 Å². The third-order valence-corrected chi connectivity index (χ3v) is 8.70. The number of fused-ring (bicyclic) bond motifs is 1. The molecule has 2 fully saturated rings. The molecule has 10 heteroatoms. The average molecular weight is 571 g/mol. The third-order valence-electron chi connectivity index (χ3n) is 8.70. The molecule has 216 valence electrons. The van der Waals surface area contributed by atoms with E-state index in [0.717, 1.165) is 54.5 Å². The van der Waals surface area contributed by atoms with Crippen molar-refractivity contribution in [2.45, 2.75) is 56.6 Å². The second-order valence-corrected chi connectivity index (χ2v) is 11.6. The van der Waals surface area contributed by atoms with Crippen LogP contribution in [0, 0.1) is 11.6 Å². The zero-order chi connectivity index (χ0) is 29.0. The summed E-state index contributed by atoms with van der Waals surface area (Å²) in [7, 11) is 3.57. The molecule has 3 aromatic heterocycles. The fraction of sp³-hybridized carbons (Fsp3) is 0.375. The molecule has 1 unspecified atom stereocenters. The Morgan fingerprint density at radius 3 is 2.62 bits per heavy atom. The predicted molar refractivity (Wildman–Crippen MR) is 155 cm³/mol. The Morgan fingerprint density at radius 2 is 1.93 bits per heavy atom. The first-order valence-electron chi connectivity index (χ1n) is 14.4. The van der Waals surface area contributed by atoms with Crippen molar-refractivity contribution in [3.8, 4) is 34.1 Å². The molecule has 1 atom stereocenters. The average Bonchev–Trinajstić information content (AvgIpc) is 3.58. The zero-order valence-electron chi connectivity index (χ0n) is 23.8. The first-order valence-corrected chi connectivity index (χ1v) is 14.4. The lowest BCUT2D eigenvalue weighted by atomic mass is 9.80. The molecule has 8 nitrogen and oxygen atoms in total. The van der Waals surface area contributed by atoms with E-state index in [9.17, 15) is 4.39 Å². The van der Waals surface area contributed by atoms with Gasteiger partial charge >= 0.3 is 0 Å². The van der Waals surface area contributed by atoms with E-state index in [-0.39, 0.29) is 28.9 Å². The van der Waals surface area contributed by atoms with Gasteiger partial charge in [-0.1, -0.05) is 6.07 Å². The van der Waals surface area contributed by atoms with Gasteiger partial charge in [0.25, 0.3) is 0 Å². The molecule has 0 radical (unpaired) electrons. The summed E-state index contributed by atoms with van der Waals surface area (Å²) >= 11 is 0. The van der Waals surface area contributed by atoms with Gasteiger partial charge in [0.1, 0.15) is 23.4 Å². The molecular weight excluding hydrogens is 538 g/mol. The maximum absolute atomic E-state index is 15.3. The van der Waals surface area contributed by atoms with Crippen molar-refractivity contribution < 1.29 is 17.9 Å². The number of ether oxygens (including phenoxy) is 1. The van der Waals surface area contributed by atoms with Crippen LogP contribution in [0.4, 0.5) is 8.78 Å². The van der Waals surface area contributed by atoms with Gasteiger partial charge in [-0.3, -0.25) is 0 Å². The molecule has 2 aliphatic carbocycles. The molecule has 0 saturated heterocycles. The van der Waals surface area contributed by atoms with Crippen LogP contribution >= 0.6 is 0 Å². The fourth-order valence-electron chi connectivity index (χ4n) is 5.74. The Hall–Kier alpha value is -4.02. The summed E-state index contributed by atoms with van der Waals surface area (Å²) in [4.78, 5) is 9.56. The maximum Gasteiger partial charge on any atom is 0.246 e. The minimum atomic E-state index is -0.471. The summed E-state index contributed by atoms with van der Waals surface area (Å²) < 4.78 is 43.2. The third kappa shape index (κ3) is 4.88. The number of aryl methyl sites for hydroxylation is 1. The number of aromatic nitrogens is 5. The van der Waals surface area contributed by atoms with Crippen LogP contribution < -0.4 is 5.32 Å². The Labute approximate surface area is 242 Å². The van der Waals surface area contributed by atoms with Gasteiger partial charge in [-0.05, 0) is 92.1 Å². The molecule has 0 bridgehead atoms. The Morgan fingerprint density at radius 1 is 1.10 bits per heavy atom. The highest BCUT2D eigenvalue weighted by Gasteiger charge is 2.37. The van der Waals surface area contributed by atoms with Crippen LogP contribution in [-0.2, 0) is 11.8 Å². The zero-order valence-corrected chi connectivity index (χ0v) is 23.8. The summed E-state index contributed by atoms with van der Waals surface area (Å²) in [6.07, 6.45) is 6.86. The topological polar surface area (TPSA) is 90.9 Å². The maximum atomic E-state index is 15.3. The van der Waals surface area contributed by atoms with Gasteiger partial charge in [-0.2, -0.15) is 0 Å². The van der Waals surface area contributed by atoms with Gasteiger partial charge < -0.3 is 19.0 Å². The van der Waals surface area contributed by atoms with E-state index in [0.29, 0.717) is 35.1 Å². The van der Waals surface area contributed by atoms with Crippen LogP contribution in [0.2, 0.25) is 0 Å². The summed E-state index contributed by atoms with van der Waals surface area (Å²) in [6, 6.07) is 11.8. The number of halogens is 2. The van der Waals surface area contributed by atoms with Crippen molar-refractivity contribution in [3.63, 3.8) is 0 Å². The normalized spacial score (nSPS) is 17.0. The summed E-state index contributed by atoms with van der Waals surface area (Å²) in [5.74, 6) is 0.270. The van der Waals surface area contributed by atoms with Crippen molar-refractivity contribution in [1.82, 2.24) is 30.0 Å². The second kappa shape index (κ2) is 10.4. The smallest absolute Gasteiger partial charge is 0.246 e. The Bertz CT molecular complexity index is 1780. The van der Waals surface area contributed by atoms with E-state index in [2.05, 4.69) is 20.5 Å².